The minimum Gasteiger partial charge on any atom is -0.491 e. The molecule has 0 heterocycles. The summed E-state index contributed by atoms with van der Waals surface area (Å²) in [4.78, 5) is 0. The van der Waals surface area contributed by atoms with Crippen molar-refractivity contribution in [3.8, 4) is 5.75 Å². The molecule has 0 aliphatic carbocycles. The van der Waals surface area contributed by atoms with Gasteiger partial charge in [0.15, 0.2) is 9.84 Å². The number of rotatable bonds is 7. The van der Waals surface area contributed by atoms with Gasteiger partial charge in [-0.2, -0.15) is 0 Å². The van der Waals surface area contributed by atoms with E-state index in [0.717, 1.165) is 0 Å². The Balaban J connectivity index is 1.86. The highest BCUT2D eigenvalue weighted by molar-refractivity contribution is 7.90. The van der Waals surface area contributed by atoms with Crippen LogP contribution in [0.5, 0.6) is 5.75 Å². The molecule has 1 atom stereocenters. The first kappa shape index (κ1) is 17.4. The summed E-state index contributed by atoms with van der Waals surface area (Å²) in [5.74, 6) is -1.30. The molecular weight excluding hydrogens is 326 g/mol. The maximum atomic E-state index is 12.8. The molecule has 1 unspecified atom stereocenters. The van der Waals surface area contributed by atoms with Crippen LogP contribution in [0.25, 0.3) is 0 Å². The van der Waals surface area contributed by atoms with Crippen LogP contribution in [0, 0.1) is 11.6 Å². The summed E-state index contributed by atoms with van der Waals surface area (Å²) in [5.41, 5.74) is 0.443. The number of hydrogen-bond donors (Lipinski definition) is 1. The Kier molecular flexibility index (Phi) is 5.68. The van der Waals surface area contributed by atoms with Crippen molar-refractivity contribution in [1.82, 2.24) is 0 Å². The fourth-order valence-electron chi connectivity index (χ4n) is 1.96. The molecule has 0 aliphatic heterocycles. The Morgan fingerprint density at radius 2 is 1.48 bits per heavy atom. The Labute approximate surface area is 133 Å². The largest absolute Gasteiger partial charge is 0.491 e. The molecule has 0 bridgehead atoms. The van der Waals surface area contributed by atoms with E-state index in [9.17, 15) is 22.3 Å². The quantitative estimate of drug-likeness (QED) is 0.839. The molecule has 0 radical (unpaired) electrons. The Morgan fingerprint density at radius 3 is 2.04 bits per heavy atom. The molecule has 124 valence electrons. The molecule has 0 saturated carbocycles. The van der Waals surface area contributed by atoms with Crippen LogP contribution in [-0.4, -0.2) is 32.0 Å². The predicted octanol–water partition coefficient (Wildman–Crippen LogP) is 2.32. The fraction of sp³-hybridized carbons (Fsp3) is 0.250. The van der Waals surface area contributed by atoms with E-state index >= 15 is 0 Å². The smallest absolute Gasteiger partial charge is 0.157 e. The summed E-state index contributed by atoms with van der Waals surface area (Å²) < 4.78 is 54.7. The van der Waals surface area contributed by atoms with Gasteiger partial charge in [0.1, 0.15) is 30.1 Å². The van der Waals surface area contributed by atoms with E-state index in [1.54, 1.807) is 0 Å². The highest BCUT2D eigenvalue weighted by Crippen LogP contribution is 2.13. The van der Waals surface area contributed by atoms with Crippen LogP contribution in [-0.2, 0) is 15.6 Å². The lowest BCUT2D eigenvalue weighted by Gasteiger charge is -2.13. The van der Waals surface area contributed by atoms with Crippen LogP contribution in [0.4, 0.5) is 8.78 Å². The first-order chi connectivity index (χ1) is 10.8. The second-order valence-electron chi connectivity index (χ2n) is 5.10. The number of aliphatic hydroxyl groups excluding tert-OH is 1. The first-order valence-electron chi connectivity index (χ1n) is 6.85. The summed E-state index contributed by atoms with van der Waals surface area (Å²) in [6.45, 7) is -0.228. The molecule has 0 fully saturated rings. The molecule has 0 aliphatic rings. The van der Waals surface area contributed by atoms with Gasteiger partial charge >= 0.3 is 0 Å². The summed E-state index contributed by atoms with van der Waals surface area (Å²) in [7, 11) is -3.57. The molecule has 0 spiro atoms. The summed E-state index contributed by atoms with van der Waals surface area (Å²) in [5, 5.41) is 9.78. The molecule has 0 saturated heterocycles. The second-order valence-corrected chi connectivity index (χ2v) is 7.21. The van der Waals surface area contributed by atoms with Gasteiger partial charge < -0.3 is 9.84 Å². The molecule has 23 heavy (non-hydrogen) atoms. The maximum absolute atomic E-state index is 12.8. The number of hydrogen-bond acceptors (Lipinski definition) is 4. The van der Waals surface area contributed by atoms with Crippen LogP contribution in [0.2, 0.25) is 0 Å². The van der Waals surface area contributed by atoms with Crippen LogP contribution < -0.4 is 4.74 Å². The lowest BCUT2D eigenvalue weighted by molar-refractivity contribution is 0.125. The zero-order valence-corrected chi connectivity index (χ0v) is 13.0. The lowest BCUT2D eigenvalue weighted by Crippen LogP contribution is -2.27. The molecule has 1 N–H and O–H groups in total. The Morgan fingerprint density at radius 1 is 0.957 bits per heavy atom. The average Bonchev–Trinajstić information content (AvgIpc) is 2.48. The summed E-state index contributed by atoms with van der Waals surface area (Å²) in [6.07, 6.45) is -1.22. The highest BCUT2D eigenvalue weighted by Gasteiger charge is 2.18. The van der Waals surface area contributed by atoms with E-state index in [0.29, 0.717) is 11.3 Å². The van der Waals surface area contributed by atoms with Crippen molar-refractivity contribution < 1.29 is 27.0 Å². The molecule has 2 aromatic rings. The van der Waals surface area contributed by atoms with Crippen LogP contribution >= 0.6 is 0 Å². The molecule has 4 nitrogen and oxygen atoms in total. The standard InChI is InChI=1S/C16H16F2O4S/c17-13-3-1-12(2-4-13)10-23(20,21)11-15(19)9-22-16-7-5-14(18)6-8-16/h1-8,15,19H,9-11H2. The number of sulfone groups is 1. The van der Waals surface area contributed by atoms with Crippen molar-refractivity contribution >= 4 is 9.84 Å². The van der Waals surface area contributed by atoms with E-state index in [4.69, 9.17) is 4.74 Å². The summed E-state index contributed by atoms with van der Waals surface area (Å²) in [6, 6.07) is 10.3. The molecule has 0 amide bonds. The van der Waals surface area contributed by atoms with Crippen molar-refractivity contribution in [1.29, 1.82) is 0 Å². The number of aliphatic hydroxyl groups is 1. The van der Waals surface area contributed by atoms with Gasteiger partial charge in [0.25, 0.3) is 0 Å². The first-order valence-corrected chi connectivity index (χ1v) is 8.67. The van der Waals surface area contributed by atoms with Gasteiger partial charge in [-0.05, 0) is 42.0 Å². The lowest BCUT2D eigenvalue weighted by atomic mass is 10.2. The number of halogens is 2. The van der Waals surface area contributed by atoms with Gasteiger partial charge in [-0.25, -0.2) is 17.2 Å². The Bertz CT molecular complexity index is 728. The van der Waals surface area contributed by atoms with Crippen molar-refractivity contribution in [3.05, 3.63) is 65.7 Å². The van der Waals surface area contributed by atoms with Gasteiger partial charge in [0.05, 0.1) is 11.5 Å². The molecule has 2 rings (SSSR count). The molecule has 0 aromatic heterocycles. The highest BCUT2D eigenvalue weighted by atomic mass is 32.2. The second kappa shape index (κ2) is 7.52. The van der Waals surface area contributed by atoms with Crippen molar-refractivity contribution in [2.24, 2.45) is 0 Å². The molecule has 2 aromatic carbocycles. The third-order valence-corrected chi connectivity index (χ3v) is 4.67. The minimum atomic E-state index is -3.57. The Hall–Kier alpha value is -1.99. The van der Waals surface area contributed by atoms with Gasteiger partial charge in [-0.1, -0.05) is 12.1 Å². The van der Waals surface area contributed by atoms with Gasteiger partial charge in [0, 0.05) is 0 Å². The number of benzene rings is 2. The maximum Gasteiger partial charge on any atom is 0.157 e. The molecule has 7 heteroatoms. The third-order valence-electron chi connectivity index (χ3n) is 3.00. The average molecular weight is 342 g/mol. The zero-order valence-electron chi connectivity index (χ0n) is 12.2. The van der Waals surface area contributed by atoms with Crippen molar-refractivity contribution in [3.63, 3.8) is 0 Å². The van der Waals surface area contributed by atoms with Crippen LogP contribution in [0.1, 0.15) is 5.56 Å². The SMILES string of the molecule is O=S(=O)(Cc1ccc(F)cc1)CC(O)COc1ccc(F)cc1. The number of ether oxygens (including phenoxy) is 1. The third kappa shape index (κ3) is 5.96. The van der Waals surface area contributed by atoms with Crippen molar-refractivity contribution in [2.45, 2.75) is 11.9 Å². The van der Waals surface area contributed by atoms with Gasteiger partial charge in [-0.15, -0.1) is 0 Å². The van der Waals surface area contributed by atoms with Crippen molar-refractivity contribution in [2.75, 3.05) is 12.4 Å². The van der Waals surface area contributed by atoms with Crippen LogP contribution in [0.3, 0.4) is 0 Å². The topological polar surface area (TPSA) is 63.6 Å². The van der Waals surface area contributed by atoms with Gasteiger partial charge in [-0.3, -0.25) is 0 Å². The monoisotopic (exact) mass is 342 g/mol. The van der Waals surface area contributed by atoms with Crippen LogP contribution in [0.15, 0.2) is 48.5 Å². The van der Waals surface area contributed by atoms with Gasteiger partial charge in [0.2, 0.25) is 0 Å². The predicted molar refractivity (Wildman–Crippen MR) is 81.8 cm³/mol. The normalized spacial score (nSPS) is 12.8. The van der Waals surface area contributed by atoms with E-state index in [-0.39, 0.29) is 12.4 Å². The van der Waals surface area contributed by atoms with E-state index in [2.05, 4.69) is 0 Å². The van der Waals surface area contributed by atoms with E-state index in [1.807, 2.05) is 0 Å². The zero-order chi connectivity index (χ0) is 16.9. The van der Waals surface area contributed by atoms with E-state index < -0.39 is 33.3 Å². The fourth-order valence-corrected chi connectivity index (χ4v) is 3.46. The minimum absolute atomic E-state index is 0.228. The van der Waals surface area contributed by atoms with E-state index in [1.165, 1.54) is 48.5 Å². The summed E-state index contributed by atoms with van der Waals surface area (Å²) >= 11 is 0. The molecular formula is C16H16F2O4S.